The minimum absolute atomic E-state index is 0.0248. The molecule has 0 atom stereocenters. The summed E-state index contributed by atoms with van der Waals surface area (Å²) >= 11 is 1.64. The van der Waals surface area contributed by atoms with Crippen molar-refractivity contribution >= 4 is 17.2 Å². The monoisotopic (exact) mass is 268 g/mol. The fraction of sp³-hybridized carbons (Fsp3) is 0.615. The lowest BCUT2D eigenvalue weighted by Crippen LogP contribution is -2.44. The van der Waals surface area contributed by atoms with Gasteiger partial charge < -0.3 is 16.2 Å². The molecule has 1 aliphatic rings. The Bertz CT molecular complexity index is 384. The number of rotatable bonds is 4. The van der Waals surface area contributed by atoms with Gasteiger partial charge in [0.1, 0.15) is 0 Å². The summed E-state index contributed by atoms with van der Waals surface area (Å²) in [5.74, 6) is 0.124. The summed E-state index contributed by atoms with van der Waals surface area (Å²) in [6, 6.07) is 3.99. The molecule has 1 heterocycles. The highest BCUT2D eigenvalue weighted by Gasteiger charge is 2.34. The number of thiophene rings is 1. The number of nitrogens with one attached hydrogen (secondary N) is 1. The first-order valence-corrected chi connectivity index (χ1v) is 7.23. The minimum Gasteiger partial charge on any atom is -0.389 e. The summed E-state index contributed by atoms with van der Waals surface area (Å²) < 4.78 is 0. The minimum atomic E-state index is -0.746. The number of hydrogen-bond acceptors (Lipinski definition) is 4. The molecule has 1 aromatic heterocycles. The third-order valence-electron chi connectivity index (χ3n) is 3.68. The Labute approximate surface area is 111 Å². The summed E-state index contributed by atoms with van der Waals surface area (Å²) in [6.07, 6.45) is 2.70. The van der Waals surface area contributed by atoms with Crippen LogP contribution in [-0.2, 0) is 11.3 Å². The Kier molecular flexibility index (Phi) is 4.37. The van der Waals surface area contributed by atoms with Crippen molar-refractivity contribution < 1.29 is 9.90 Å². The molecule has 1 aromatic rings. The molecule has 0 bridgehead atoms. The lowest BCUT2D eigenvalue weighted by molar-refractivity contribution is -0.127. The lowest BCUT2D eigenvalue weighted by atomic mass is 9.78. The Morgan fingerprint density at radius 3 is 2.83 bits per heavy atom. The van der Waals surface area contributed by atoms with Crippen LogP contribution in [0.25, 0.3) is 0 Å². The maximum Gasteiger partial charge on any atom is 0.223 e. The number of carbonyl (C=O) groups is 1. The molecular weight excluding hydrogens is 248 g/mol. The molecule has 1 saturated carbocycles. The molecule has 0 radical (unpaired) electrons. The van der Waals surface area contributed by atoms with E-state index >= 15 is 0 Å². The molecule has 4 nitrogen and oxygen atoms in total. The molecule has 100 valence electrons. The van der Waals surface area contributed by atoms with E-state index in [2.05, 4.69) is 5.32 Å². The second-order valence-corrected chi connectivity index (χ2v) is 6.03. The van der Waals surface area contributed by atoms with Crippen LogP contribution in [0.4, 0.5) is 0 Å². The van der Waals surface area contributed by atoms with Crippen LogP contribution >= 0.6 is 11.3 Å². The van der Waals surface area contributed by atoms with Gasteiger partial charge in [0.05, 0.1) is 12.1 Å². The number of nitrogens with two attached hydrogens (primary N) is 1. The van der Waals surface area contributed by atoms with E-state index in [0.29, 0.717) is 19.4 Å². The second-order valence-electron chi connectivity index (χ2n) is 5.00. The third kappa shape index (κ3) is 3.31. The quantitative estimate of drug-likeness (QED) is 0.769. The smallest absolute Gasteiger partial charge is 0.223 e. The van der Waals surface area contributed by atoms with Crippen LogP contribution in [0, 0.1) is 5.92 Å². The van der Waals surface area contributed by atoms with E-state index in [0.717, 1.165) is 17.7 Å². The normalized spacial score (nSPS) is 28.0. The number of amides is 1. The van der Waals surface area contributed by atoms with Gasteiger partial charge in [-0.1, -0.05) is 6.07 Å². The van der Waals surface area contributed by atoms with E-state index in [1.807, 2.05) is 17.5 Å². The van der Waals surface area contributed by atoms with Gasteiger partial charge >= 0.3 is 0 Å². The molecule has 1 fully saturated rings. The Morgan fingerprint density at radius 1 is 1.56 bits per heavy atom. The van der Waals surface area contributed by atoms with Gasteiger partial charge in [-0.15, -0.1) is 11.3 Å². The standard InChI is InChI=1S/C13H20N2O2S/c14-9-13(17)5-3-10(4-6-13)12(16)15-8-11-2-1-7-18-11/h1-2,7,10,17H,3-6,8-9,14H2,(H,15,16). The molecule has 18 heavy (non-hydrogen) atoms. The van der Waals surface area contributed by atoms with Gasteiger partial charge in [-0.05, 0) is 37.1 Å². The summed E-state index contributed by atoms with van der Waals surface area (Å²) in [5.41, 5.74) is 4.79. The van der Waals surface area contributed by atoms with Crippen LogP contribution in [0.5, 0.6) is 0 Å². The fourth-order valence-electron chi connectivity index (χ4n) is 2.35. The molecule has 0 saturated heterocycles. The van der Waals surface area contributed by atoms with Gasteiger partial charge in [0.15, 0.2) is 0 Å². The van der Waals surface area contributed by atoms with E-state index in [4.69, 9.17) is 5.73 Å². The number of aliphatic hydroxyl groups is 1. The summed E-state index contributed by atoms with van der Waals surface area (Å²) in [5, 5.41) is 15.0. The first kappa shape index (κ1) is 13.5. The van der Waals surface area contributed by atoms with E-state index in [-0.39, 0.29) is 18.4 Å². The summed E-state index contributed by atoms with van der Waals surface area (Å²) in [7, 11) is 0. The highest BCUT2D eigenvalue weighted by molar-refractivity contribution is 7.09. The van der Waals surface area contributed by atoms with Crippen LogP contribution in [-0.4, -0.2) is 23.2 Å². The van der Waals surface area contributed by atoms with Crippen molar-refractivity contribution in [1.29, 1.82) is 0 Å². The molecule has 5 heteroatoms. The van der Waals surface area contributed by atoms with Gasteiger partial charge in [-0.2, -0.15) is 0 Å². The second kappa shape index (κ2) is 5.82. The average Bonchev–Trinajstić information content (AvgIpc) is 2.90. The van der Waals surface area contributed by atoms with Gasteiger partial charge in [-0.3, -0.25) is 4.79 Å². The van der Waals surface area contributed by atoms with Crippen LogP contribution < -0.4 is 11.1 Å². The number of hydrogen-bond donors (Lipinski definition) is 3. The van der Waals surface area contributed by atoms with Gasteiger partial charge in [-0.25, -0.2) is 0 Å². The van der Waals surface area contributed by atoms with E-state index < -0.39 is 5.60 Å². The predicted octanol–water partition coefficient (Wildman–Crippen LogP) is 1.24. The largest absolute Gasteiger partial charge is 0.389 e. The fourth-order valence-corrected chi connectivity index (χ4v) is 3.00. The molecule has 4 N–H and O–H groups in total. The Hall–Kier alpha value is -0.910. The van der Waals surface area contributed by atoms with Crippen molar-refractivity contribution in [1.82, 2.24) is 5.32 Å². The molecule has 0 aliphatic heterocycles. The van der Waals surface area contributed by atoms with Crippen LogP contribution in [0.15, 0.2) is 17.5 Å². The molecule has 0 aromatic carbocycles. The van der Waals surface area contributed by atoms with Crippen LogP contribution in [0.1, 0.15) is 30.6 Å². The molecule has 0 unspecified atom stereocenters. The van der Waals surface area contributed by atoms with E-state index in [1.165, 1.54) is 0 Å². The molecule has 2 rings (SSSR count). The van der Waals surface area contributed by atoms with Crippen LogP contribution in [0.3, 0.4) is 0 Å². The SMILES string of the molecule is NCC1(O)CCC(C(=O)NCc2cccs2)CC1. The van der Waals surface area contributed by atoms with Crippen molar-refractivity contribution in [2.75, 3.05) is 6.54 Å². The Morgan fingerprint density at radius 2 is 2.28 bits per heavy atom. The third-order valence-corrected chi connectivity index (χ3v) is 4.56. The Balaban J connectivity index is 1.77. The van der Waals surface area contributed by atoms with Crippen LogP contribution in [0.2, 0.25) is 0 Å². The molecular formula is C13H20N2O2S. The maximum absolute atomic E-state index is 12.0. The average molecular weight is 268 g/mol. The zero-order valence-corrected chi connectivity index (χ0v) is 11.2. The number of carbonyl (C=O) groups excluding carboxylic acids is 1. The highest BCUT2D eigenvalue weighted by Crippen LogP contribution is 2.31. The van der Waals surface area contributed by atoms with Crippen molar-refractivity contribution in [2.24, 2.45) is 11.7 Å². The van der Waals surface area contributed by atoms with Gasteiger partial charge in [0.25, 0.3) is 0 Å². The molecule has 1 amide bonds. The first-order valence-electron chi connectivity index (χ1n) is 6.35. The lowest BCUT2D eigenvalue weighted by Gasteiger charge is -2.34. The predicted molar refractivity (Wildman–Crippen MR) is 72.1 cm³/mol. The van der Waals surface area contributed by atoms with Gasteiger partial charge in [0.2, 0.25) is 5.91 Å². The zero-order chi connectivity index (χ0) is 13.0. The summed E-state index contributed by atoms with van der Waals surface area (Å²) in [4.78, 5) is 13.1. The van der Waals surface area contributed by atoms with Crippen molar-refractivity contribution in [3.05, 3.63) is 22.4 Å². The van der Waals surface area contributed by atoms with Crippen molar-refractivity contribution in [3.63, 3.8) is 0 Å². The van der Waals surface area contributed by atoms with Crippen molar-refractivity contribution in [3.8, 4) is 0 Å². The zero-order valence-electron chi connectivity index (χ0n) is 10.4. The molecule has 0 spiro atoms. The highest BCUT2D eigenvalue weighted by atomic mass is 32.1. The van der Waals surface area contributed by atoms with E-state index in [1.54, 1.807) is 11.3 Å². The van der Waals surface area contributed by atoms with Gasteiger partial charge in [0, 0.05) is 17.3 Å². The molecule has 1 aliphatic carbocycles. The summed E-state index contributed by atoms with van der Waals surface area (Å²) in [6.45, 7) is 0.894. The first-order chi connectivity index (χ1) is 8.63. The van der Waals surface area contributed by atoms with E-state index in [9.17, 15) is 9.90 Å². The maximum atomic E-state index is 12.0. The van der Waals surface area contributed by atoms with Crippen molar-refractivity contribution in [2.45, 2.75) is 37.8 Å². The topological polar surface area (TPSA) is 75.3 Å².